The van der Waals surface area contributed by atoms with Crippen molar-refractivity contribution in [2.24, 2.45) is 0 Å². The molecule has 0 fully saturated rings. The molecule has 3 rings (SSSR count). The van der Waals surface area contributed by atoms with Crippen LogP contribution in [0.3, 0.4) is 0 Å². The first kappa shape index (κ1) is 22.0. The van der Waals surface area contributed by atoms with Crippen molar-refractivity contribution in [3.8, 4) is 0 Å². The third-order valence-corrected chi connectivity index (χ3v) is 5.78. The van der Waals surface area contributed by atoms with Crippen LogP contribution in [0.4, 0.5) is 13.2 Å². The van der Waals surface area contributed by atoms with Crippen molar-refractivity contribution in [1.82, 2.24) is 9.80 Å². The lowest BCUT2D eigenvalue weighted by Crippen LogP contribution is -2.38. The third-order valence-electron chi connectivity index (χ3n) is 4.68. The number of carbonyl (C=O) groups is 2. The Labute approximate surface area is 176 Å². The number of fused-ring (bicyclic) bond motifs is 1. The predicted molar refractivity (Wildman–Crippen MR) is 112 cm³/mol. The minimum Gasteiger partial charge on any atom is -0.330 e. The molecule has 0 N–H and O–H groups in total. The Morgan fingerprint density at radius 1 is 1.07 bits per heavy atom. The number of hydrogen-bond donors (Lipinski definition) is 0. The standard InChI is InChI=1S/C22H21F3N2O2S/c1-26(15-16-5-4-7-18(13-16)22(23,24)25)9-10-27(11-12-28)21(29)20-14-17-6-2-3-8-19(17)30-20/h2-8,12-14H,9-11,15H2,1H3. The van der Waals surface area contributed by atoms with E-state index in [2.05, 4.69) is 0 Å². The zero-order valence-electron chi connectivity index (χ0n) is 16.4. The highest BCUT2D eigenvalue weighted by molar-refractivity contribution is 7.20. The second-order valence-electron chi connectivity index (χ2n) is 7.00. The highest BCUT2D eigenvalue weighted by Crippen LogP contribution is 2.30. The monoisotopic (exact) mass is 434 g/mol. The van der Waals surface area contributed by atoms with Crippen LogP contribution in [0.1, 0.15) is 20.8 Å². The Kier molecular flexibility index (Phi) is 6.89. The molecular formula is C22H21F3N2O2S. The van der Waals surface area contributed by atoms with Gasteiger partial charge < -0.3 is 14.6 Å². The van der Waals surface area contributed by atoms with Crippen LogP contribution < -0.4 is 0 Å². The number of aldehydes is 1. The molecule has 1 aromatic heterocycles. The molecule has 0 saturated carbocycles. The number of thiophene rings is 1. The Hall–Kier alpha value is -2.71. The number of nitrogens with zero attached hydrogens (tertiary/aromatic N) is 2. The first-order chi connectivity index (χ1) is 14.3. The van der Waals surface area contributed by atoms with Gasteiger partial charge >= 0.3 is 6.18 Å². The van der Waals surface area contributed by atoms with Gasteiger partial charge in [0.1, 0.15) is 6.29 Å². The van der Waals surface area contributed by atoms with E-state index in [1.54, 1.807) is 13.1 Å². The van der Waals surface area contributed by atoms with Crippen LogP contribution >= 0.6 is 11.3 Å². The highest BCUT2D eigenvalue weighted by Gasteiger charge is 2.30. The average molecular weight is 434 g/mol. The predicted octanol–water partition coefficient (Wildman–Crippen LogP) is 4.69. The van der Waals surface area contributed by atoms with E-state index >= 15 is 0 Å². The summed E-state index contributed by atoms with van der Waals surface area (Å²) in [5, 5.41) is 0.971. The molecular weight excluding hydrogens is 413 g/mol. The van der Waals surface area contributed by atoms with E-state index in [0.717, 1.165) is 22.2 Å². The molecule has 0 radical (unpaired) electrons. The van der Waals surface area contributed by atoms with Gasteiger partial charge in [0.15, 0.2) is 0 Å². The largest absolute Gasteiger partial charge is 0.416 e. The fourth-order valence-corrected chi connectivity index (χ4v) is 4.17. The lowest BCUT2D eigenvalue weighted by atomic mass is 10.1. The maximum absolute atomic E-state index is 12.9. The van der Waals surface area contributed by atoms with Gasteiger partial charge in [-0.3, -0.25) is 4.79 Å². The van der Waals surface area contributed by atoms with E-state index in [1.165, 1.54) is 22.3 Å². The van der Waals surface area contributed by atoms with Crippen LogP contribution in [0.25, 0.3) is 10.1 Å². The second-order valence-corrected chi connectivity index (χ2v) is 8.09. The van der Waals surface area contributed by atoms with Gasteiger partial charge in [-0.2, -0.15) is 13.2 Å². The van der Waals surface area contributed by atoms with Crippen molar-refractivity contribution in [3.05, 3.63) is 70.6 Å². The fourth-order valence-electron chi connectivity index (χ4n) is 3.14. The Morgan fingerprint density at radius 2 is 1.83 bits per heavy atom. The summed E-state index contributed by atoms with van der Waals surface area (Å²) in [5.41, 5.74) is -0.152. The van der Waals surface area contributed by atoms with Crippen LogP contribution in [-0.4, -0.2) is 48.7 Å². The molecule has 2 aromatic carbocycles. The zero-order chi connectivity index (χ0) is 21.7. The third kappa shape index (κ3) is 5.46. The Bertz CT molecular complexity index is 999. The van der Waals surface area contributed by atoms with Crippen LogP contribution in [0.5, 0.6) is 0 Å². The number of amides is 1. The number of alkyl halides is 3. The Balaban J connectivity index is 1.64. The van der Waals surface area contributed by atoms with Crippen LogP contribution in [0.2, 0.25) is 0 Å². The molecule has 4 nitrogen and oxygen atoms in total. The SMILES string of the molecule is CN(CCN(CC=O)C(=O)c1cc2ccccc2s1)Cc1cccc(C(F)(F)F)c1. The van der Waals surface area contributed by atoms with Crippen molar-refractivity contribution in [3.63, 3.8) is 0 Å². The minimum absolute atomic E-state index is 0.0372. The molecule has 0 spiro atoms. The van der Waals surface area contributed by atoms with Gasteiger partial charge in [0, 0.05) is 24.3 Å². The number of rotatable bonds is 8. The van der Waals surface area contributed by atoms with Crippen LogP contribution in [0, 0.1) is 0 Å². The minimum atomic E-state index is -4.38. The highest BCUT2D eigenvalue weighted by atomic mass is 32.1. The molecule has 0 unspecified atom stereocenters. The molecule has 0 aliphatic rings. The number of benzene rings is 2. The van der Waals surface area contributed by atoms with E-state index in [9.17, 15) is 22.8 Å². The molecule has 0 atom stereocenters. The number of likely N-dealkylation sites (N-methyl/N-ethyl adjacent to an activating group) is 1. The van der Waals surface area contributed by atoms with Gasteiger partial charge in [-0.25, -0.2) is 0 Å². The molecule has 0 aliphatic carbocycles. The molecule has 0 aliphatic heterocycles. The topological polar surface area (TPSA) is 40.6 Å². The van der Waals surface area contributed by atoms with Gasteiger partial charge in [-0.15, -0.1) is 11.3 Å². The summed E-state index contributed by atoms with van der Waals surface area (Å²) in [4.78, 5) is 27.8. The van der Waals surface area contributed by atoms with E-state index < -0.39 is 11.7 Å². The van der Waals surface area contributed by atoms with Crippen molar-refractivity contribution in [2.75, 3.05) is 26.7 Å². The summed E-state index contributed by atoms with van der Waals surface area (Å²) >= 11 is 1.37. The molecule has 30 heavy (non-hydrogen) atoms. The van der Waals surface area contributed by atoms with Crippen LogP contribution in [-0.2, 0) is 17.5 Å². The normalized spacial score (nSPS) is 11.8. The molecule has 158 valence electrons. The van der Waals surface area contributed by atoms with Gasteiger partial charge in [-0.1, -0.05) is 36.4 Å². The zero-order valence-corrected chi connectivity index (χ0v) is 17.2. The molecule has 0 saturated heterocycles. The fraction of sp³-hybridized carbons (Fsp3) is 0.273. The molecule has 1 heterocycles. The maximum atomic E-state index is 12.9. The van der Waals surface area contributed by atoms with E-state index in [1.807, 2.05) is 35.2 Å². The lowest BCUT2D eigenvalue weighted by Gasteiger charge is -2.24. The number of hydrogen-bond acceptors (Lipinski definition) is 4. The average Bonchev–Trinajstić information content (AvgIpc) is 3.14. The van der Waals surface area contributed by atoms with Gasteiger partial charge in [0.25, 0.3) is 5.91 Å². The summed E-state index contributed by atoms with van der Waals surface area (Å²) < 4.78 is 39.6. The molecule has 8 heteroatoms. The molecule has 1 amide bonds. The quantitative estimate of drug-likeness (QED) is 0.483. The summed E-state index contributed by atoms with van der Waals surface area (Å²) in [6, 6.07) is 14.7. The van der Waals surface area contributed by atoms with Gasteiger partial charge in [0.05, 0.1) is 17.0 Å². The maximum Gasteiger partial charge on any atom is 0.416 e. The van der Waals surface area contributed by atoms with Crippen molar-refractivity contribution >= 4 is 33.6 Å². The van der Waals surface area contributed by atoms with Crippen LogP contribution in [0.15, 0.2) is 54.6 Å². The Morgan fingerprint density at radius 3 is 2.53 bits per heavy atom. The first-order valence-corrected chi connectivity index (χ1v) is 10.2. The smallest absolute Gasteiger partial charge is 0.330 e. The van der Waals surface area contributed by atoms with E-state index in [0.29, 0.717) is 36.4 Å². The van der Waals surface area contributed by atoms with Crippen molar-refractivity contribution in [1.29, 1.82) is 0 Å². The summed E-state index contributed by atoms with van der Waals surface area (Å²) in [6.07, 6.45) is -3.70. The summed E-state index contributed by atoms with van der Waals surface area (Å²) in [5.74, 6) is -0.226. The van der Waals surface area contributed by atoms with Gasteiger partial charge in [0.2, 0.25) is 0 Å². The van der Waals surface area contributed by atoms with Crippen molar-refractivity contribution in [2.45, 2.75) is 12.7 Å². The lowest BCUT2D eigenvalue weighted by molar-refractivity contribution is -0.137. The number of halogens is 3. The summed E-state index contributed by atoms with van der Waals surface area (Å²) in [6.45, 7) is 0.975. The van der Waals surface area contributed by atoms with E-state index in [4.69, 9.17) is 0 Å². The second kappa shape index (κ2) is 9.40. The first-order valence-electron chi connectivity index (χ1n) is 9.34. The van der Waals surface area contributed by atoms with Crippen molar-refractivity contribution < 1.29 is 22.8 Å². The summed E-state index contributed by atoms with van der Waals surface area (Å²) in [7, 11) is 1.77. The molecule has 0 bridgehead atoms. The molecule has 3 aromatic rings. The number of carbonyl (C=O) groups excluding carboxylic acids is 2. The van der Waals surface area contributed by atoms with E-state index in [-0.39, 0.29) is 12.5 Å². The van der Waals surface area contributed by atoms with Gasteiger partial charge in [-0.05, 0) is 36.2 Å².